The molecule has 0 saturated carbocycles. The second-order valence-electron chi connectivity index (χ2n) is 8.83. The van der Waals surface area contributed by atoms with E-state index < -0.39 is 18.1 Å². The largest absolute Gasteiger partial charge is 0.492 e. The van der Waals surface area contributed by atoms with Gasteiger partial charge in [-0.15, -0.1) is 0 Å². The molecule has 0 radical (unpaired) electrons. The van der Waals surface area contributed by atoms with Crippen LogP contribution >= 0.6 is 0 Å². The van der Waals surface area contributed by atoms with Crippen molar-refractivity contribution in [1.29, 1.82) is 0 Å². The van der Waals surface area contributed by atoms with E-state index in [1.54, 1.807) is 12.3 Å². The standard InChI is InChI=1S/C28H26N2O6/c1-34-27(32)23-13-22-21-12-20(35-16-18-8-4-2-5-9-18)15-30(24(21)14-25(31)26(22)29-23)28(33)36-17-19-10-6-3-7-11-19/h2-11,13,15,21,24,29H,12,14,16-17H2,1H3/t21-,24+/m1/s1. The fraction of sp³-hybridized carbons (Fsp3) is 0.250. The van der Waals surface area contributed by atoms with Crippen molar-refractivity contribution < 1.29 is 28.6 Å². The molecule has 1 aromatic heterocycles. The molecule has 5 rings (SSSR count). The van der Waals surface area contributed by atoms with Gasteiger partial charge in [-0.05, 0) is 22.8 Å². The van der Waals surface area contributed by atoms with Crippen LogP contribution in [0.5, 0.6) is 0 Å². The number of methoxy groups -OCH3 is 1. The van der Waals surface area contributed by atoms with Gasteiger partial charge in [-0.3, -0.25) is 9.69 Å². The average Bonchev–Trinajstić information content (AvgIpc) is 3.38. The summed E-state index contributed by atoms with van der Waals surface area (Å²) in [5.41, 5.74) is 3.10. The minimum Gasteiger partial charge on any atom is -0.492 e. The Morgan fingerprint density at radius 1 is 0.972 bits per heavy atom. The molecular formula is C28H26N2O6. The van der Waals surface area contributed by atoms with Crippen molar-refractivity contribution >= 4 is 17.8 Å². The van der Waals surface area contributed by atoms with Crippen molar-refractivity contribution in [2.75, 3.05) is 7.11 Å². The van der Waals surface area contributed by atoms with Crippen molar-refractivity contribution in [1.82, 2.24) is 9.88 Å². The molecule has 0 fully saturated rings. The number of benzene rings is 2. The van der Waals surface area contributed by atoms with E-state index in [-0.39, 0.29) is 30.4 Å². The number of rotatable bonds is 6. The molecule has 8 nitrogen and oxygen atoms in total. The number of carbonyl (C=O) groups is 3. The molecule has 0 bridgehead atoms. The second-order valence-corrected chi connectivity index (χ2v) is 8.83. The molecule has 36 heavy (non-hydrogen) atoms. The molecule has 0 spiro atoms. The summed E-state index contributed by atoms with van der Waals surface area (Å²) < 4.78 is 16.5. The molecular weight excluding hydrogens is 460 g/mol. The minimum absolute atomic E-state index is 0.0989. The summed E-state index contributed by atoms with van der Waals surface area (Å²) >= 11 is 0. The zero-order valence-corrected chi connectivity index (χ0v) is 19.8. The average molecular weight is 487 g/mol. The van der Waals surface area contributed by atoms with Gasteiger partial charge in [0.05, 0.1) is 18.8 Å². The molecule has 8 heteroatoms. The van der Waals surface area contributed by atoms with Crippen molar-refractivity contribution in [3.05, 3.63) is 107 Å². The number of fused-ring (bicyclic) bond motifs is 3. The normalized spacial score (nSPS) is 18.5. The Morgan fingerprint density at radius 2 is 1.64 bits per heavy atom. The van der Waals surface area contributed by atoms with E-state index in [0.29, 0.717) is 30.0 Å². The predicted octanol–water partition coefficient (Wildman–Crippen LogP) is 4.94. The summed E-state index contributed by atoms with van der Waals surface area (Å²) in [4.78, 5) is 42.7. The lowest BCUT2D eigenvalue weighted by Crippen LogP contribution is -2.47. The van der Waals surface area contributed by atoms with Gasteiger partial charge in [-0.25, -0.2) is 9.59 Å². The van der Waals surface area contributed by atoms with Crippen molar-refractivity contribution in [3.8, 4) is 0 Å². The van der Waals surface area contributed by atoms with E-state index in [9.17, 15) is 14.4 Å². The molecule has 1 N–H and O–H groups in total. The van der Waals surface area contributed by atoms with E-state index in [4.69, 9.17) is 14.2 Å². The van der Waals surface area contributed by atoms with Crippen molar-refractivity contribution in [2.24, 2.45) is 0 Å². The first-order valence-corrected chi connectivity index (χ1v) is 11.7. The number of ether oxygens (including phenoxy) is 3. The Labute approximate surface area is 208 Å². The molecule has 1 aliphatic heterocycles. The number of amides is 1. The monoisotopic (exact) mass is 486 g/mol. The second kappa shape index (κ2) is 10.1. The zero-order chi connectivity index (χ0) is 25.1. The van der Waals surface area contributed by atoms with Gasteiger partial charge in [0, 0.05) is 25.0 Å². The summed E-state index contributed by atoms with van der Waals surface area (Å²) in [5, 5.41) is 0. The van der Waals surface area contributed by atoms with E-state index >= 15 is 0 Å². The lowest BCUT2D eigenvalue weighted by Gasteiger charge is -2.40. The summed E-state index contributed by atoms with van der Waals surface area (Å²) in [6.07, 6.45) is 1.65. The quantitative estimate of drug-likeness (QED) is 0.496. The third kappa shape index (κ3) is 4.75. The smallest absolute Gasteiger partial charge is 0.414 e. The highest BCUT2D eigenvalue weighted by molar-refractivity contribution is 6.00. The van der Waals surface area contributed by atoms with Crippen LogP contribution in [0.15, 0.2) is 78.7 Å². The molecule has 2 aliphatic rings. The third-order valence-electron chi connectivity index (χ3n) is 6.54. The van der Waals surface area contributed by atoms with Gasteiger partial charge in [-0.2, -0.15) is 0 Å². The van der Waals surface area contributed by atoms with E-state index in [2.05, 4.69) is 4.98 Å². The molecule has 3 aromatic rings. The fourth-order valence-corrected chi connectivity index (χ4v) is 4.74. The molecule has 2 aromatic carbocycles. The number of nitrogens with one attached hydrogen (secondary N) is 1. The van der Waals surface area contributed by atoms with Crippen molar-refractivity contribution in [2.45, 2.75) is 38.0 Å². The summed E-state index contributed by atoms with van der Waals surface area (Å²) in [5.74, 6) is -0.394. The lowest BCUT2D eigenvalue weighted by atomic mass is 9.77. The number of hydrogen-bond acceptors (Lipinski definition) is 6. The number of esters is 1. The molecule has 2 heterocycles. The molecule has 0 unspecified atom stereocenters. The van der Waals surface area contributed by atoms with Gasteiger partial charge in [0.25, 0.3) is 0 Å². The third-order valence-corrected chi connectivity index (χ3v) is 6.54. The number of ketones is 1. The van der Waals surface area contributed by atoms with Gasteiger partial charge < -0.3 is 19.2 Å². The van der Waals surface area contributed by atoms with Gasteiger partial charge >= 0.3 is 12.1 Å². The highest BCUT2D eigenvalue weighted by Crippen LogP contribution is 2.43. The van der Waals surface area contributed by atoms with E-state index in [1.165, 1.54) is 12.0 Å². The molecule has 184 valence electrons. The Bertz CT molecular complexity index is 1300. The molecule has 1 aliphatic carbocycles. The first-order chi connectivity index (χ1) is 17.5. The van der Waals surface area contributed by atoms with Crippen LogP contribution in [-0.2, 0) is 27.4 Å². The van der Waals surface area contributed by atoms with E-state index in [1.807, 2.05) is 60.7 Å². The number of Topliss-reactive ketones (excluding diaryl/α,β-unsaturated/α-hetero) is 1. The SMILES string of the molecule is COC(=O)c1cc2c([nH]1)C(=O)C[C@H]1[C@@H]2CC(OCc2ccccc2)=CN1C(=O)OCc1ccccc1. The summed E-state index contributed by atoms with van der Waals surface area (Å²) in [6.45, 7) is 0.445. The van der Waals surface area contributed by atoms with Crippen LogP contribution in [0.3, 0.4) is 0 Å². The minimum atomic E-state index is -0.561. The summed E-state index contributed by atoms with van der Waals surface area (Å²) in [7, 11) is 1.29. The van der Waals surface area contributed by atoms with Crippen LogP contribution in [-0.4, -0.2) is 40.9 Å². The maximum absolute atomic E-state index is 13.2. The maximum Gasteiger partial charge on any atom is 0.414 e. The number of carbonyl (C=O) groups excluding carboxylic acids is 3. The number of nitrogens with zero attached hydrogens (tertiary/aromatic N) is 1. The summed E-state index contributed by atoms with van der Waals surface area (Å²) in [6, 6.07) is 20.3. The molecule has 0 saturated heterocycles. The number of H-pyrrole nitrogens is 1. The Kier molecular flexibility index (Phi) is 6.58. The van der Waals surface area contributed by atoms with Gasteiger partial charge in [-0.1, -0.05) is 60.7 Å². The van der Waals surface area contributed by atoms with Crippen molar-refractivity contribution in [3.63, 3.8) is 0 Å². The van der Waals surface area contributed by atoms with Crippen LogP contribution in [0.2, 0.25) is 0 Å². The molecule has 1 amide bonds. The zero-order valence-electron chi connectivity index (χ0n) is 19.8. The predicted molar refractivity (Wildman–Crippen MR) is 130 cm³/mol. The van der Waals surface area contributed by atoms with E-state index in [0.717, 1.165) is 11.1 Å². The van der Waals surface area contributed by atoms with Crippen LogP contribution in [0.25, 0.3) is 0 Å². The number of hydrogen-bond donors (Lipinski definition) is 1. The Balaban J connectivity index is 1.43. The number of aromatic nitrogens is 1. The van der Waals surface area contributed by atoms with Crippen LogP contribution in [0.1, 0.15) is 56.4 Å². The number of aromatic amines is 1. The van der Waals surface area contributed by atoms with Crippen LogP contribution in [0.4, 0.5) is 4.79 Å². The maximum atomic E-state index is 13.2. The first-order valence-electron chi connectivity index (χ1n) is 11.7. The Hall–Kier alpha value is -4.33. The van der Waals surface area contributed by atoms with Crippen LogP contribution in [0, 0.1) is 0 Å². The van der Waals surface area contributed by atoms with Gasteiger partial charge in [0.15, 0.2) is 5.78 Å². The van der Waals surface area contributed by atoms with Crippen LogP contribution < -0.4 is 0 Å². The van der Waals surface area contributed by atoms with Gasteiger partial charge in [0.2, 0.25) is 0 Å². The first kappa shape index (κ1) is 23.4. The molecule has 2 atom stereocenters. The van der Waals surface area contributed by atoms with Gasteiger partial charge in [0.1, 0.15) is 24.7 Å². The fourth-order valence-electron chi connectivity index (χ4n) is 4.74. The highest BCUT2D eigenvalue weighted by atomic mass is 16.6. The lowest BCUT2D eigenvalue weighted by molar-refractivity contribution is 0.0594. The Morgan fingerprint density at radius 3 is 2.31 bits per heavy atom. The highest BCUT2D eigenvalue weighted by Gasteiger charge is 2.44. The topological polar surface area (TPSA) is 97.9 Å². The number of allylic oxidation sites excluding steroid dienone is 1.